The van der Waals surface area contributed by atoms with Gasteiger partial charge in [0.05, 0.1) is 6.04 Å². The fourth-order valence-electron chi connectivity index (χ4n) is 5.31. The van der Waals surface area contributed by atoms with Crippen LogP contribution in [0, 0.1) is 0 Å². The van der Waals surface area contributed by atoms with Gasteiger partial charge in [0, 0.05) is 18.0 Å². The molecule has 2 amide bonds. The van der Waals surface area contributed by atoms with Crippen molar-refractivity contribution in [3.63, 3.8) is 0 Å². The molecule has 0 aromatic heterocycles. The van der Waals surface area contributed by atoms with E-state index in [4.69, 9.17) is 0 Å². The van der Waals surface area contributed by atoms with Gasteiger partial charge in [0.1, 0.15) is 5.54 Å². The molecular weight excluding hydrogens is 384 g/mol. The van der Waals surface area contributed by atoms with E-state index in [9.17, 15) is 9.59 Å². The summed E-state index contributed by atoms with van der Waals surface area (Å²) < 4.78 is 0. The zero-order chi connectivity index (χ0) is 21.8. The molecule has 1 saturated carbocycles. The van der Waals surface area contributed by atoms with Crippen molar-refractivity contribution >= 4 is 11.8 Å². The minimum absolute atomic E-state index is 0.0243. The van der Waals surface area contributed by atoms with E-state index in [2.05, 4.69) is 5.32 Å². The lowest BCUT2D eigenvalue weighted by Crippen LogP contribution is -2.64. The highest BCUT2D eigenvalue weighted by Crippen LogP contribution is 2.38. The van der Waals surface area contributed by atoms with Gasteiger partial charge in [0.2, 0.25) is 5.91 Å². The first-order valence-corrected chi connectivity index (χ1v) is 11.8. The molecule has 1 heterocycles. The number of amides is 2. The van der Waals surface area contributed by atoms with Crippen LogP contribution in [0.15, 0.2) is 54.6 Å². The van der Waals surface area contributed by atoms with Crippen LogP contribution in [0.25, 0.3) is 0 Å². The summed E-state index contributed by atoms with van der Waals surface area (Å²) in [6, 6.07) is 17.7. The molecule has 0 radical (unpaired) electrons. The second kappa shape index (κ2) is 9.25. The summed E-state index contributed by atoms with van der Waals surface area (Å²) in [5.41, 5.74) is 1.78. The molecule has 2 unspecified atom stereocenters. The molecule has 2 aliphatic rings. The molecule has 2 atom stereocenters. The number of nitrogens with zero attached hydrogens (tertiary/aromatic N) is 1. The molecule has 2 aromatic rings. The molecule has 1 aliphatic carbocycles. The molecule has 0 saturated heterocycles. The summed E-state index contributed by atoms with van der Waals surface area (Å²) >= 11 is 0. The van der Waals surface area contributed by atoms with Crippen molar-refractivity contribution in [1.29, 1.82) is 0 Å². The number of hydrogen-bond donors (Lipinski definition) is 1. The van der Waals surface area contributed by atoms with Crippen LogP contribution in [0.3, 0.4) is 0 Å². The van der Waals surface area contributed by atoms with Gasteiger partial charge in [-0.15, -0.1) is 0 Å². The van der Waals surface area contributed by atoms with Crippen LogP contribution < -0.4 is 5.32 Å². The summed E-state index contributed by atoms with van der Waals surface area (Å²) in [5, 5.41) is 3.35. The van der Waals surface area contributed by atoms with Crippen LogP contribution in [0.5, 0.6) is 0 Å². The molecule has 1 aliphatic heterocycles. The van der Waals surface area contributed by atoms with E-state index >= 15 is 0 Å². The highest BCUT2D eigenvalue weighted by atomic mass is 16.2. The molecule has 4 nitrogen and oxygen atoms in total. The first-order chi connectivity index (χ1) is 15.0. The SMILES string of the molecule is CC(c1ccccc1)N1C(=O)c2ccccc2CC1(C)C(=O)NC1CCCCCCC1. The molecule has 0 spiro atoms. The Morgan fingerprint density at radius 1 is 0.968 bits per heavy atom. The minimum atomic E-state index is -0.928. The number of benzene rings is 2. The Balaban J connectivity index is 1.67. The predicted octanol–water partition coefficient (Wildman–Crippen LogP) is 5.43. The van der Waals surface area contributed by atoms with Crippen molar-refractivity contribution < 1.29 is 9.59 Å². The van der Waals surface area contributed by atoms with Crippen LogP contribution in [0.2, 0.25) is 0 Å². The highest BCUT2D eigenvalue weighted by Gasteiger charge is 2.49. The number of carbonyl (C=O) groups is 2. The zero-order valence-electron chi connectivity index (χ0n) is 18.8. The molecule has 1 N–H and O–H groups in total. The third kappa shape index (κ3) is 4.39. The third-order valence-electron chi connectivity index (χ3n) is 7.13. The normalized spacial score (nSPS) is 23.4. The van der Waals surface area contributed by atoms with Gasteiger partial charge in [-0.25, -0.2) is 0 Å². The first-order valence-electron chi connectivity index (χ1n) is 11.8. The van der Waals surface area contributed by atoms with Gasteiger partial charge in [0.15, 0.2) is 0 Å². The van der Waals surface area contributed by atoms with Crippen LogP contribution in [0.4, 0.5) is 0 Å². The van der Waals surface area contributed by atoms with Crippen molar-refractivity contribution in [3.8, 4) is 0 Å². The van der Waals surface area contributed by atoms with Gasteiger partial charge in [-0.3, -0.25) is 9.59 Å². The summed E-state index contributed by atoms with van der Waals surface area (Å²) in [6.07, 6.45) is 8.69. The van der Waals surface area contributed by atoms with Gasteiger partial charge in [-0.1, -0.05) is 80.6 Å². The molecule has 31 heavy (non-hydrogen) atoms. The van der Waals surface area contributed by atoms with Gasteiger partial charge in [0.25, 0.3) is 5.91 Å². The lowest BCUT2D eigenvalue weighted by molar-refractivity contribution is -0.133. The zero-order valence-corrected chi connectivity index (χ0v) is 18.8. The van der Waals surface area contributed by atoms with Crippen molar-refractivity contribution in [1.82, 2.24) is 10.2 Å². The van der Waals surface area contributed by atoms with E-state index in [0.717, 1.165) is 36.8 Å². The Labute approximate surface area is 186 Å². The van der Waals surface area contributed by atoms with Crippen molar-refractivity contribution in [3.05, 3.63) is 71.3 Å². The van der Waals surface area contributed by atoms with Crippen LogP contribution >= 0.6 is 0 Å². The van der Waals surface area contributed by atoms with E-state index in [1.165, 1.54) is 19.3 Å². The van der Waals surface area contributed by atoms with E-state index < -0.39 is 5.54 Å². The Kier molecular flexibility index (Phi) is 6.45. The lowest BCUT2D eigenvalue weighted by Gasteiger charge is -2.47. The Hall–Kier alpha value is -2.62. The molecule has 2 aromatic carbocycles. The van der Waals surface area contributed by atoms with E-state index in [1.54, 1.807) is 0 Å². The second-order valence-electron chi connectivity index (χ2n) is 9.39. The maximum Gasteiger partial charge on any atom is 0.255 e. The van der Waals surface area contributed by atoms with E-state index in [1.807, 2.05) is 73.3 Å². The van der Waals surface area contributed by atoms with E-state index in [0.29, 0.717) is 12.0 Å². The first kappa shape index (κ1) is 21.6. The maximum absolute atomic E-state index is 13.8. The van der Waals surface area contributed by atoms with Gasteiger partial charge >= 0.3 is 0 Å². The van der Waals surface area contributed by atoms with Gasteiger partial charge in [-0.05, 0) is 43.9 Å². The third-order valence-corrected chi connectivity index (χ3v) is 7.13. The average molecular weight is 419 g/mol. The Morgan fingerprint density at radius 2 is 1.58 bits per heavy atom. The smallest absolute Gasteiger partial charge is 0.255 e. The van der Waals surface area contributed by atoms with Crippen LogP contribution in [-0.4, -0.2) is 28.3 Å². The molecule has 4 heteroatoms. The molecule has 0 bridgehead atoms. The number of hydrogen-bond acceptors (Lipinski definition) is 2. The monoisotopic (exact) mass is 418 g/mol. The molecule has 164 valence electrons. The molecular formula is C27H34N2O2. The topological polar surface area (TPSA) is 49.4 Å². The van der Waals surface area contributed by atoms with E-state index in [-0.39, 0.29) is 23.9 Å². The fourth-order valence-corrected chi connectivity index (χ4v) is 5.31. The second-order valence-corrected chi connectivity index (χ2v) is 9.39. The van der Waals surface area contributed by atoms with Crippen molar-refractivity contribution in [2.75, 3.05) is 0 Å². The quantitative estimate of drug-likeness (QED) is 0.719. The molecule has 1 fully saturated rings. The van der Waals surface area contributed by atoms with Crippen molar-refractivity contribution in [2.45, 2.75) is 82.8 Å². The van der Waals surface area contributed by atoms with Crippen molar-refractivity contribution in [2.24, 2.45) is 0 Å². The largest absolute Gasteiger partial charge is 0.351 e. The van der Waals surface area contributed by atoms with Crippen LogP contribution in [-0.2, 0) is 11.2 Å². The fraction of sp³-hybridized carbons (Fsp3) is 0.481. The number of fused-ring (bicyclic) bond motifs is 1. The Bertz CT molecular complexity index is 918. The number of rotatable bonds is 4. The summed E-state index contributed by atoms with van der Waals surface area (Å²) in [5.74, 6) is -0.0859. The minimum Gasteiger partial charge on any atom is -0.351 e. The number of carbonyl (C=O) groups excluding carboxylic acids is 2. The standard InChI is InChI=1S/C27H34N2O2/c1-20(21-13-7-6-8-14-21)29-25(30)24-18-12-11-15-22(24)19-27(29,2)26(31)28-23-16-9-4-3-5-10-17-23/h6-8,11-15,18,20,23H,3-5,9-10,16-17,19H2,1-2H3,(H,28,31). The maximum atomic E-state index is 13.8. The summed E-state index contributed by atoms with van der Waals surface area (Å²) in [6.45, 7) is 3.97. The summed E-state index contributed by atoms with van der Waals surface area (Å²) in [4.78, 5) is 29.3. The Morgan fingerprint density at radius 3 is 2.29 bits per heavy atom. The predicted molar refractivity (Wildman–Crippen MR) is 124 cm³/mol. The molecule has 4 rings (SSSR count). The number of nitrogens with one attached hydrogen (secondary N) is 1. The van der Waals surface area contributed by atoms with Gasteiger partial charge < -0.3 is 10.2 Å². The lowest BCUT2D eigenvalue weighted by atomic mass is 9.80. The highest BCUT2D eigenvalue weighted by molar-refractivity contribution is 6.02. The van der Waals surface area contributed by atoms with Crippen LogP contribution in [0.1, 0.15) is 86.3 Å². The summed E-state index contributed by atoms with van der Waals surface area (Å²) in [7, 11) is 0. The van der Waals surface area contributed by atoms with Gasteiger partial charge in [-0.2, -0.15) is 0 Å². The average Bonchev–Trinajstić information content (AvgIpc) is 2.76.